The molecule has 7 nitrogen and oxygen atoms in total. The Balaban J connectivity index is 1.58. The van der Waals surface area contributed by atoms with Gasteiger partial charge in [0.05, 0.1) is 6.26 Å². The highest BCUT2D eigenvalue weighted by atomic mass is 16.3. The third kappa shape index (κ3) is 6.29. The van der Waals surface area contributed by atoms with Gasteiger partial charge in [-0.1, -0.05) is 6.07 Å². The first kappa shape index (κ1) is 18.5. The molecule has 0 spiro atoms. The van der Waals surface area contributed by atoms with Crippen molar-refractivity contribution in [2.24, 2.45) is 4.99 Å². The normalized spacial score (nSPS) is 11.2. The molecule has 0 unspecified atom stereocenters. The zero-order chi connectivity index (χ0) is 17.9. The Morgan fingerprint density at radius 2 is 1.96 bits per heavy atom. The summed E-state index contributed by atoms with van der Waals surface area (Å²) in [7, 11) is 1.73. The molecule has 3 N–H and O–H groups in total. The molecule has 134 valence electrons. The molecular weight excluding hydrogens is 318 g/mol. The van der Waals surface area contributed by atoms with E-state index in [0.717, 1.165) is 36.6 Å². The second kappa shape index (κ2) is 10.1. The van der Waals surface area contributed by atoms with Gasteiger partial charge in [0.25, 0.3) is 5.91 Å². The van der Waals surface area contributed by atoms with E-state index in [1.165, 1.54) is 6.26 Å². The SMILES string of the molecule is CN=C(NCCCNC(=O)c1occc1C)NCCc1ccccn1. The summed E-state index contributed by atoms with van der Waals surface area (Å²) in [4.78, 5) is 20.3. The van der Waals surface area contributed by atoms with Crippen LogP contribution < -0.4 is 16.0 Å². The lowest BCUT2D eigenvalue weighted by Gasteiger charge is -2.11. The van der Waals surface area contributed by atoms with E-state index < -0.39 is 0 Å². The van der Waals surface area contributed by atoms with Gasteiger partial charge in [-0.3, -0.25) is 14.8 Å². The zero-order valence-electron chi connectivity index (χ0n) is 14.7. The fraction of sp³-hybridized carbons (Fsp3) is 0.389. The maximum Gasteiger partial charge on any atom is 0.287 e. The number of aromatic nitrogens is 1. The van der Waals surface area contributed by atoms with Crippen LogP contribution in [-0.4, -0.2) is 43.5 Å². The van der Waals surface area contributed by atoms with Crippen LogP contribution in [0.2, 0.25) is 0 Å². The number of hydrogen-bond donors (Lipinski definition) is 3. The average Bonchev–Trinajstić information content (AvgIpc) is 3.06. The molecule has 0 aliphatic heterocycles. The fourth-order valence-corrected chi connectivity index (χ4v) is 2.26. The largest absolute Gasteiger partial charge is 0.459 e. The van der Waals surface area contributed by atoms with Crippen molar-refractivity contribution in [2.75, 3.05) is 26.7 Å². The van der Waals surface area contributed by atoms with Gasteiger partial charge < -0.3 is 20.4 Å². The van der Waals surface area contributed by atoms with E-state index in [1.807, 2.05) is 25.1 Å². The van der Waals surface area contributed by atoms with Gasteiger partial charge in [-0.15, -0.1) is 0 Å². The minimum atomic E-state index is -0.180. The molecule has 0 aromatic carbocycles. The molecule has 0 aliphatic carbocycles. The molecule has 7 heteroatoms. The number of guanidine groups is 1. The van der Waals surface area contributed by atoms with Gasteiger partial charge in [0, 0.05) is 50.6 Å². The predicted octanol–water partition coefficient (Wildman–Crippen LogP) is 1.51. The summed E-state index contributed by atoms with van der Waals surface area (Å²) in [5, 5.41) is 9.30. The van der Waals surface area contributed by atoms with Crippen molar-refractivity contribution in [1.29, 1.82) is 0 Å². The van der Waals surface area contributed by atoms with Crippen molar-refractivity contribution in [2.45, 2.75) is 19.8 Å². The van der Waals surface area contributed by atoms with Crippen LogP contribution in [0.5, 0.6) is 0 Å². The first-order chi connectivity index (χ1) is 12.2. The Hall–Kier alpha value is -2.83. The maximum absolute atomic E-state index is 11.9. The average molecular weight is 343 g/mol. The van der Waals surface area contributed by atoms with Crippen molar-refractivity contribution >= 4 is 11.9 Å². The Kier molecular flexibility index (Phi) is 7.49. The lowest BCUT2D eigenvalue weighted by atomic mass is 10.2. The highest BCUT2D eigenvalue weighted by molar-refractivity contribution is 5.92. The van der Waals surface area contributed by atoms with Crippen LogP contribution in [0.3, 0.4) is 0 Å². The van der Waals surface area contributed by atoms with E-state index in [-0.39, 0.29) is 5.91 Å². The number of aryl methyl sites for hydroxylation is 1. The summed E-state index contributed by atoms with van der Waals surface area (Å²) in [6, 6.07) is 7.66. The number of hydrogen-bond acceptors (Lipinski definition) is 4. The third-order valence-electron chi connectivity index (χ3n) is 3.62. The summed E-state index contributed by atoms with van der Waals surface area (Å²) in [6.45, 7) is 3.88. The minimum absolute atomic E-state index is 0.180. The highest BCUT2D eigenvalue weighted by Gasteiger charge is 2.11. The third-order valence-corrected chi connectivity index (χ3v) is 3.62. The lowest BCUT2D eigenvalue weighted by molar-refractivity contribution is 0.0925. The molecule has 0 atom stereocenters. The Labute approximate surface area is 147 Å². The maximum atomic E-state index is 11.9. The van der Waals surface area contributed by atoms with Crippen molar-refractivity contribution in [3.05, 3.63) is 53.7 Å². The summed E-state index contributed by atoms with van der Waals surface area (Å²) >= 11 is 0. The number of rotatable bonds is 8. The number of carbonyl (C=O) groups is 1. The number of carbonyl (C=O) groups excluding carboxylic acids is 1. The van der Waals surface area contributed by atoms with Gasteiger partial charge in [0.15, 0.2) is 11.7 Å². The fourth-order valence-electron chi connectivity index (χ4n) is 2.26. The molecule has 2 aromatic heterocycles. The second-order valence-corrected chi connectivity index (χ2v) is 5.54. The van der Waals surface area contributed by atoms with Crippen LogP contribution in [0.4, 0.5) is 0 Å². The zero-order valence-corrected chi connectivity index (χ0v) is 14.7. The number of furan rings is 1. The number of nitrogens with one attached hydrogen (secondary N) is 3. The van der Waals surface area contributed by atoms with E-state index >= 15 is 0 Å². The molecule has 0 saturated heterocycles. The molecule has 0 saturated carbocycles. The monoisotopic (exact) mass is 343 g/mol. The van der Waals surface area contributed by atoms with E-state index in [0.29, 0.717) is 18.8 Å². The van der Waals surface area contributed by atoms with Gasteiger partial charge >= 0.3 is 0 Å². The number of nitrogens with zero attached hydrogens (tertiary/aromatic N) is 2. The van der Waals surface area contributed by atoms with Crippen molar-refractivity contribution in [3.8, 4) is 0 Å². The lowest BCUT2D eigenvalue weighted by Crippen LogP contribution is -2.39. The van der Waals surface area contributed by atoms with Crippen LogP contribution >= 0.6 is 0 Å². The van der Waals surface area contributed by atoms with Crippen LogP contribution in [0, 0.1) is 6.92 Å². The van der Waals surface area contributed by atoms with Gasteiger partial charge in [-0.25, -0.2) is 0 Å². The van der Waals surface area contributed by atoms with Crippen LogP contribution in [0.15, 0.2) is 46.1 Å². The Morgan fingerprint density at radius 3 is 2.64 bits per heavy atom. The first-order valence-electron chi connectivity index (χ1n) is 8.37. The standard InChI is InChI=1S/C18H25N5O2/c1-14-8-13-25-16(14)17(24)21-10-5-11-22-18(19-2)23-12-7-15-6-3-4-9-20-15/h3-4,6,8-9,13H,5,7,10-12H2,1-2H3,(H,21,24)(H2,19,22,23). The summed E-state index contributed by atoms with van der Waals surface area (Å²) in [6.07, 6.45) is 4.93. The molecule has 1 amide bonds. The van der Waals surface area contributed by atoms with Crippen molar-refractivity contribution < 1.29 is 9.21 Å². The molecule has 0 radical (unpaired) electrons. The molecule has 2 rings (SSSR count). The van der Waals surface area contributed by atoms with Gasteiger partial charge in [0.2, 0.25) is 0 Å². The van der Waals surface area contributed by atoms with Crippen molar-refractivity contribution in [1.82, 2.24) is 20.9 Å². The Bertz CT molecular complexity index is 682. The van der Waals surface area contributed by atoms with Gasteiger partial charge in [0.1, 0.15) is 0 Å². The van der Waals surface area contributed by atoms with Crippen molar-refractivity contribution in [3.63, 3.8) is 0 Å². The highest BCUT2D eigenvalue weighted by Crippen LogP contribution is 2.07. The molecule has 2 aromatic rings. The predicted molar refractivity (Wildman–Crippen MR) is 97.7 cm³/mol. The minimum Gasteiger partial charge on any atom is -0.459 e. The number of aliphatic imine (C=N–C) groups is 1. The quantitative estimate of drug-likeness (QED) is 0.384. The van der Waals surface area contributed by atoms with E-state index in [9.17, 15) is 4.79 Å². The van der Waals surface area contributed by atoms with E-state index in [2.05, 4.69) is 25.9 Å². The summed E-state index contributed by atoms with van der Waals surface area (Å²) in [5.74, 6) is 0.935. The molecule has 0 bridgehead atoms. The molecule has 25 heavy (non-hydrogen) atoms. The second-order valence-electron chi connectivity index (χ2n) is 5.54. The summed E-state index contributed by atoms with van der Waals surface area (Å²) < 4.78 is 5.16. The van der Waals surface area contributed by atoms with Gasteiger partial charge in [-0.05, 0) is 31.5 Å². The van der Waals surface area contributed by atoms with Crippen LogP contribution in [0.1, 0.15) is 28.2 Å². The number of amides is 1. The first-order valence-corrected chi connectivity index (χ1v) is 8.37. The topological polar surface area (TPSA) is 91.5 Å². The van der Waals surface area contributed by atoms with Crippen LogP contribution in [0.25, 0.3) is 0 Å². The molecule has 0 fully saturated rings. The van der Waals surface area contributed by atoms with E-state index in [1.54, 1.807) is 19.3 Å². The Morgan fingerprint density at radius 1 is 1.16 bits per heavy atom. The number of pyridine rings is 1. The van der Waals surface area contributed by atoms with Gasteiger partial charge in [-0.2, -0.15) is 0 Å². The van der Waals surface area contributed by atoms with E-state index in [4.69, 9.17) is 4.42 Å². The molecule has 2 heterocycles. The molecular formula is C18H25N5O2. The smallest absolute Gasteiger partial charge is 0.287 e. The molecule has 0 aliphatic rings. The summed E-state index contributed by atoms with van der Waals surface area (Å²) in [5.41, 5.74) is 1.88. The van der Waals surface area contributed by atoms with Crippen LogP contribution in [-0.2, 0) is 6.42 Å².